The van der Waals surface area contributed by atoms with E-state index in [2.05, 4.69) is 0 Å². The van der Waals surface area contributed by atoms with Gasteiger partial charge in [-0.05, 0) is 32.0 Å². The zero-order valence-electron chi connectivity index (χ0n) is 10.6. The topological polar surface area (TPSA) is 20.3 Å². The molecule has 0 saturated heterocycles. The van der Waals surface area contributed by atoms with Gasteiger partial charge in [-0.15, -0.1) is 11.8 Å². The number of nitrogens with zero attached hydrogens (tertiary/aromatic N) is 1. The monoisotopic (exact) mass is 273 g/mol. The van der Waals surface area contributed by atoms with Gasteiger partial charge in [-0.2, -0.15) is 0 Å². The number of rotatable bonds is 6. The van der Waals surface area contributed by atoms with Crippen molar-refractivity contribution < 1.29 is 13.6 Å². The number of carbonyl (C=O) groups excluding carboxylic acids is 1. The van der Waals surface area contributed by atoms with Crippen LogP contribution in [0.5, 0.6) is 0 Å². The zero-order chi connectivity index (χ0) is 13.5. The lowest BCUT2D eigenvalue weighted by Gasteiger charge is -2.18. The molecule has 0 N–H and O–H groups in total. The highest BCUT2D eigenvalue weighted by Gasteiger charge is 2.09. The molecule has 1 rings (SSSR count). The molecule has 0 aromatic heterocycles. The Kier molecular flexibility index (Phi) is 6.12. The number of thioether (sulfide) groups is 1. The van der Waals surface area contributed by atoms with Crippen molar-refractivity contribution >= 4 is 17.7 Å². The summed E-state index contributed by atoms with van der Waals surface area (Å²) in [6.45, 7) is 5.27. The molecule has 1 aromatic carbocycles. The van der Waals surface area contributed by atoms with Crippen molar-refractivity contribution in [1.82, 2.24) is 4.90 Å². The van der Waals surface area contributed by atoms with E-state index in [1.807, 2.05) is 13.8 Å². The maximum absolute atomic E-state index is 12.9. The van der Waals surface area contributed by atoms with Gasteiger partial charge in [0, 0.05) is 30.2 Å². The van der Waals surface area contributed by atoms with E-state index in [1.165, 1.54) is 17.8 Å². The van der Waals surface area contributed by atoms with E-state index >= 15 is 0 Å². The van der Waals surface area contributed by atoms with E-state index in [-0.39, 0.29) is 5.91 Å². The standard InChI is InChI=1S/C13H17F2NOS/c1-3-16(4-2)13(17)7-8-18-10-5-6-11(14)12(15)9-10/h5-6,9H,3-4,7-8H2,1-2H3. The number of halogens is 2. The van der Waals surface area contributed by atoms with Crippen molar-refractivity contribution in [3.05, 3.63) is 29.8 Å². The third-order valence-corrected chi connectivity index (χ3v) is 3.59. The second-order valence-corrected chi connectivity index (χ2v) is 4.91. The number of carbonyl (C=O) groups is 1. The summed E-state index contributed by atoms with van der Waals surface area (Å²) < 4.78 is 25.6. The van der Waals surface area contributed by atoms with E-state index < -0.39 is 11.6 Å². The van der Waals surface area contributed by atoms with Gasteiger partial charge >= 0.3 is 0 Å². The summed E-state index contributed by atoms with van der Waals surface area (Å²) in [7, 11) is 0. The van der Waals surface area contributed by atoms with Gasteiger partial charge < -0.3 is 4.90 Å². The lowest BCUT2D eigenvalue weighted by atomic mass is 10.3. The van der Waals surface area contributed by atoms with Crippen LogP contribution in [0.15, 0.2) is 23.1 Å². The molecule has 1 aromatic rings. The summed E-state index contributed by atoms with van der Waals surface area (Å²) in [5.41, 5.74) is 0. The van der Waals surface area contributed by atoms with Crippen LogP contribution in [0.25, 0.3) is 0 Å². The molecule has 100 valence electrons. The van der Waals surface area contributed by atoms with Crippen LogP contribution in [0, 0.1) is 11.6 Å². The fourth-order valence-corrected chi connectivity index (χ4v) is 2.42. The second kappa shape index (κ2) is 7.36. The van der Waals surface area contributed by atoms with Crippen LogP contribution in [0.3, 0.4) is 0 Å². The van der Waals surface area contributed by atoms with Crippen LogP contribution in [-0.4, -0.2) is 29.6 Å². The average molecular weight is 273 g/mol. The minimum absolute atomic E-state index is 0.0927. The molecule has 0 saturated carbocycles. The first kappa shape index (κ1) is 15.0. The molecule has 0 aliphatic carbocycles. The summed E-state index contributed by atoms with van der Waals surface area (Å²) in [6.07, 6.45) is 0.408. The predicted molar refractivity (Wildman–Crippen MR) is 69.6 cm³/mol. The van der Waals surface area contributed by atoms with Gasteiger partial charge in [-0.3, -0.25) is 4.79 Å². The van der Waals surface area contributed by atoms with E-state index in [4.69, 9.17) is 0 Å². The molecule has 0 atom stereocenters. The molecule has 1 amide bonds. The Morgan fingerprint density at radius 2 is 1.89 bits per heavy atom. The van der Waals surface area contributed by atoms with Crippen LogP contribution in [0.1, 0.15) is 20.3 Å². The van der Waals surface area contributed by atoms with Crippen LogP contribution in [0.2, 0.25) is 0 Å². The fraction of sp³-hybridized carbons (Fsp3) is 0.462. The van der Waals surface area contributed by atoms with Crippen LogP contribution >= 0.6 is 11.8 Å². The lowest BCUT2D eigenvalue weighted by molar-refractivity contribution is -0.130. The quantitative estimate of drug-likeness (QED) is 0.741. The van der Waals surface area contributed by atoms with Crippen molar-refractivity contribution in [1.29, 1.82) is 0 Å². The smallest absolute Gasteiger partial charge is 0.223 e. The molecule has 0 unspecified atom stereocenters. The molecule has 18 heavy (non-hydrogen) atoms. The largest absolute Gasteiger partial charge is 0.343 e. The van der Waals surface area contributed by atoms with E-state index in [0.29, 0.717) is 30.2 Å². The molecule has 0 fully saturated rings. The molecule has 0 bridgehead atoms. The van der Waals surface area contributed by atoms with E-state index in [9.17, 15) is 13.6 Å². The molecular formula is C13H17F2NOS. The van der Waals surface area contributed by atoms with Crippen molar-refractivity contribution in [2.45, 2.75) is 25.2 Å². The maximum Gasteiger partial charge on any atom is 0.223 e. The van der Waals surface area contributed by atoms with Crippen LogP contribution in [0.4, 0.5) is 8.78 Å². The highest BCUT2D eigenvalue weighted by atomic mass is 32.2. The third kappa shape index (κ3) is 4.29. The van der Waals surface area contributed by atoms with Crippen molar-refractivity contribution in [3.63, 3.8) is 0 Å². The van der Waals surface area contributed by atoms with Crippen LogP contribution in [-0.2, 0) is 4.79 Å². The van der Waals surface area contributed by atoms with Crippen LogP contribution < -0.4 is 0 Å². The Labute approximate surface area is 110 Å². The summed E-state index contributed by atoms with van der Waals surface area (Å²) in [4.78, 5) is 14.1. The summed E-state index contributed by atoms with van der Waals surface area (Å²) in [6, 6.07) is 3.77. The van der Waals surface area contributed by atoms with Gasteiger partial charge in [0.1, 0.15) is 0 Å². The fourth-order valence-electron chi connectivity index (χ4n) is 1.56. The Bertz CT molecular complexity index is 408. The second-order valence-electron chi connectivity index (χ2n) is 3.74. The Morgan fingerprint density at radius 1 is 1.22 bits per heavy atom. The Hall–Kier alpha value is -1.10. The molecule has 0 spiro atoms. The predicted octanol–water partition coefficient (Wildman–Crippen LogP) is 3.32. The molecule has 5 heteroatoms. The third-order valence-electron chi connectivity index (χ3n) is 2.59. The highest BCUT2D eigenvalue weighted by Crippen LogP contribution is 2.21. The number of hydrogen-bond acceptors (Lipinski definition) is 2. The van der Waals surface area contributed by atoms with E-state index in [0.717, 1.165) is 12.1 Å². The maximum atomic E-state index is 12.9. The molecule has 2 nitrogen and oxygen atoms in total. The highest BCUT2D eigenvalue weighted by molar-refractivity contribution is 7.99. The number of amides is 1. The van der Waals surface area contributed by atoms with Gasteiger partial charge in [0.2, 0.25) is 5.91 Å². The first-order valence-electron chi connectivity index (χ1n) is 5.94. The molecule has 0 aliphatic rings. The number of benzene rings is 1. The van der Waals surface area contributed by atoms with Gasteiger partial charge in [-0.25, -0.2) is 8.78 Å². The lowest BCUT2D eigenvalue weighted by Crippen LogP contribution is -2.30. The minimum atomic E-state index is -0.852. The first-order valence-corrected chi connectivity index (χ1v) is 6.92. The average Bonchev–Trinajstić information content (AvgIpc) is 2.35. The first-order chi connectivity index (χ1) is 8.58. The van der Waals surface area contributed by atoms with Crippen molar-refractivity contribution in [3.8, 4) is 0 Å². The SMILES string of the molecule is CCN(CC)C(=O)CCSc1ccc(F)c(F)c1. The summed E-state index contributed by atoms with van der Waals surface area (Å²) >= 11 is 1.36. The Morgan fingerprint density at radius 3 is 2.44 bits per heavy atom. The zero-order valence-corrected chi connectivity index (χ0v) is 11.4. The molecular weight excluding hydrogens is 256 g/mol. The molecule has 0 radical (unpaired) electrons. The van der Waals surface area contributed by atoms with Crippen molar-refractivity contribution in [2.75, 3.05) is 18.8 Å². The Balaban J connectivity index is 2.41. The van der Waals surface area contributed by atoms with E-state index in [1.54, 1.807) is 4.90 Å². The summed E-state index contributed by atoms with van der Waals surface area (Å²) in [5, 5.41) is 0. The summed E-state index contributed by atoms with van der Waals surface area (Å²) in [5.74, 6) is -1.04. The van der Waals surface area contributed by atoms with Crippen molar-refractivity contribution in [2.24, 2.45) is 0 Å². The van der Waals surface area contributed by atoms with Gasteiger partial charge in [0.25, 0.3) is 0 Å². The normalized spacial score (nSPS) is 10.4. The number of hydrogen-bond donors (Lipinski definition) is 0. The molecule has 0 aliphatic heterocycles. The minimum Gasteiger partial charge on any atom is -0.343 e. The van der Waals surface area contributed by atoms with Gasteiger partial charge in [0.05, 0.1) is 0 Å². The van der Waals surface area contributed by atoms with Gasteiger partial charge in [0.15, 0.2) is 11.6 Å². The molecule has 0 heterocycles. The van der Waals surface area contributed by atoms with Gasteiger partial charge in [-0.1, -0.05) is 0 Å².